The number of amides is 2. The van der Waals surface area contributed by atoms with Crippen molar-refractivity contribution >= 4 is 27.3 Å². The van der Waals surface area contributed by atoms with Crippen molar-refractivity contribution in [1.29, 1.82) is 0 Å². The van der Waals surface area contributed by atoms with Crippen LogP contribution in [0.3, 0.4) is 0 Å². The summed E-state index contributed by atoms with van der Waals surface area (Å²) in [7, 11) is -2.98. The topological polar surface area (TPSA) is 71.5 Å². The van der Waals surface area contributed by atoms with Gasteiger partial charge < -0.3 is 0 Å². The smallest absolute Gasteiger partial charge is 0.266 e. The van der Waals surface area contributed by atoms with Crippen LogP contribution in [0.5, 0.6) is 0 Å². The molecule has 2 amide bonds. The van der Waals surface area contributed by atoms with E-state index in [1.165, 1.54) is 10.5 Å². The second-order valence-corrected chi connectivity index (χ2v) is 12.8. The summed E-state index contributed by atoms with van der Waals surface area (Å²) in [5, 5.41) is -0.300. The molecule has 1 fully saturated rings. The van der Waals surface area contributed by atoms with Gasteiger partial charge in [0.05, 0.1) is 27.8 Å². The molecule has 0 aromatic heterocycles. The molecular weight excluding hydrogens is 446 g/mol. The van der Waals surface area contributed by atoms with Gasteiger partial charge in [0.15, 0.2) is 9.84 Å². The van der Waals surface area contributed by atoms with Crippen LogP contribution < -0.4 is 4.90 Å². The van der Waals surface area contributed by atoms with Crippen LogP contribution in [0.25, 0.3) is 0 Å². The van der Waals surface area contributed by atoms with Crippen LogP contribution in [0.4, 0.5) is 5.69 Å². The summed E-state index contributed by atoms with van der Waals surface area (Å²) in [6.07, 6.45) is 6.85. The molecule has 0 atom stereocenters. The molecule has 0 radical (unpaired) electrons. The van der Waals surface area contributed by atoms with Crippen molar-refractivity contribution in [3.63, 3.8) is 0 Å². The van der Waals surface area contributed by atoms with Gasteiger partial charge in [0, 0.05) is 0 Å². The number of carbonyl (C=O) groups is 2. The minimum Gasteiger partial charge on any atom is -0.268 e. The Kier molecular flexibility index (Phi) is 7.27. The zero-order chi connectivity index (χ0) is 24.5. The van der Waals surface area contributed by atoms with Crippen LogP contribution in [0, 0.1) is 11.8 Å². The number of carbonyl (C=O) groups excluding carboxylic acids is 2. The van der Waals surface area contributed by atoms with Gasteiger partial charge in [0.1, 0.15) is 0 Å². The molecule has 34 heavy (non-hydrogen) atoms. The highest BCUT2D eigenvalue weighted by Gasteiger charge is 2.36. The summed E-state index contributed by atoms with van der Waals surface area (Å²) in [6, 6.07) is 13.2. The number of rotatable bonds is 8. The van der Waals surface area contributed by atoms with E-state index in [1.54, 1.807) is 19.9 Å². The van der Waals surface area contributed by atoms with Gasteiger partial charge in [0.2, 0.25) is 0 Å². The van der Waals surface area contributed by atoms with E-state index in [4.69, 9.17) is 0 Å². The SMILES string of the molecule is CCc1ccc(N2C(=O)c3ccc(CCC4CCC(CS(=O)(=O)C(C)C)CC4)cc3C2=O)cc1. The summed E-state index contributed by atoms with van der Waals surface area (Å²) < 4.78 is 24.4. The van der Waals surface area contributed by atoms with E-state index in [-0.39, 0.29) is 23.0 Å². The third kappa shape index (κ3) is 5.12. The fraction of sp³-hybridized carbons (Fsp3) is 0.500. The Morgan fingerprint density at radius 2 is 1.44 bits per heavy atom. The predicted octanol–water partition coefficient (Wildman–Crippen LogP) is 5.61. The summed E-state index contributed by atoms with van der Waals surface area (Å²) in [4.78, 5) is 27.3. The van der Waals surface area contributed by atoms with E-state index < -0.39 is 9.84 Å². The number of fused-ring (bicyclic) bond motifs is 1. The molecule has 0 N–H and O–H groups in total. The van der Waals surface area contributed by atoms with Crippen molar-refractivity contribution in [2.75, 3.05) is 10.7 Å². The van der Waals surface area contributed by atoms with Crippen LogP contribution in [-0.2, 0) is 22.7 Å². The van der Waals surface area contributed by atoms with Crippen molar-refractivity contribution < 1.29 is 18.0 Å². The highest BCUT2D eigenvalue weighted by Crippen LogP contribution is 2.34. The van der Waals surface area contributed by atoms with Crippen LogP contribution in [-0.4, -0.2) is 31.2 Å². The van der Waals surface area contributed by atoms with Gasteiger partial charge in [0.25, 0.3) is 11.8 Å². The molecule has 6 heteroatoms. The Morgan fingerprint density at radius 1 is 0.853 bits per heavy atom. The van der Waals surface area contributed by atoms with Crippen molar-refractivity contribution in [1.82, 2.24) is 0 Å². The number of anilines is 1. The number of aryl methyl sites for hydroxylation is 2. The minimum atomic E-state index is -2.98. The number of nitrogens with zero attached hydrogens (tertiary/aromatic N) is 1. The zero-order valence-electron chi connectivity index (χ0n) is 20.4. The van der Waals surface area contributed by atoms with Crippen LogP contribution in [0.1, 0.15) is 84.7 Å². The zero-order valence-corrected chi connectivity index (χ0v) is 21.2. The molecule has 0 bridgehead atoms. The summed E-state index contributed by atoms with van der Waals surface area (Å²) in [6.45, 7) is 5.59. The first-order valence-electron chi connectivity index (χ1n) is 12.5. The fourth-order valence-corrected chi connectivity index (χ4v) is 6.51. The lowest BCUT2D eigenvalue weighted by Crippen LogP contribution is -2.29. The maximum absolute atomic E-state index is 13.1. The Labute approximate surface area is 203 Å². The van der Waals surface area contributed by atoms with E-state index in [2.05, 4.69) is 6.92 Å². The molecule has 0 unspecified atom stereocenters. The van der Waals surface area contributed by atoms with Crippen LogP contribution in [0.2, 0.25) is 0 Å². The third-order valence-electron chi connectivity index (χ3n) is 7.55. The summed E-state index contributed by atoms with van der Waals surface area (Å²) in [5.41, 5.74) is 3.82. The molecule has 2 aromatic rings. The lowest BCUT2D eigenvalue weighted by atomic mass is 9.80. The molecular formula is C28H35NO4S. The summed E-state index contributed by atoms with van der Waals surface area (Å²) >= 11 is 0. The number of benzene rings is 2. The van der Waals surface area contributed by atoms with Crippen molar-refractivity contribution in [3.05, 3.63) is 64.7 Å². The average Bonchev–Trinajstić information content (AvgIpc) is 3.07. The van der Waals surface area contributed by atoms with Crippen molar-refractivity contribution in [3.8, 4) is 0 Å². The minimum absolute atomic E-state index is 0.252. The molecule has 4 rings (SSSR count). The lowest BCUT2D eigenvalue weighted by Gasteiger charge is -2.28. The second kappa shape index (κ2) is 10.0. The molecule has 0 saturated heterocycles. The molecule has 1 saturated carbocycles. The maximum Gasteiger partial charge on any atom is 0.266 e. The van der Waals surface area contributed by atoms with Crippen LogP contribution >= 0.6 is 0 Å². The lowest BCUT2D eigenvalue weighted by molar-refractivity contribution is 0.0926. The number of hydrogen-bond donors (Lipinski definition) is 0. The highest BCUT2D eigenvalue weighted by molar-refractivity contribution is 7.91. The van der Waals surface area contributed by atoms with Gasteiger partial charge in [-0.15, -0.1) is 0 Å². The third-order valence-corrected chi connectivity index (χ3v) is 9.92. The highest BCUT2D eigenvalue weighted by atomic mass is 32.2. The molecule has 182 valence electrons. The predicted molar refractivity (Wildman–Crippen MR) is 136 cm³/mol. The monoisotopic (exact) mass is 481 g/mol. The molecule has 1 aliphatic carbocycles. The second-order valence-electron chi connectivity index (χ2n) is 10.1. The van der Waals surface area contributed by atoms with E-state index in [0.717, 1.165) is 50.5 Å². The number of imide groups is 1. The Bertz CT molecular complexity index is 1160. The fourth-order valence-electron chi connectivity index (χ4n) is 5.14. The van der Waals surface area contributed by atoms with Crippen molar-refractivity contribution in [2.45, 2.75) is 71.0 Å². The molecule has 0 spiro atoms. The average molecular weight is 482 g/mol. The van der Waals surface area contributed by atoms with Crippen LogP contribution in [0.15, 0.2) is 42.5 Å². The van der Waals surface area contributed by atoms with E-state index in [0.29, 0.717) is 28.5 Å². The van der Waals surface area contributed by atoms with Gasteiger partial charge in [-0.05, 0) is 93.2 Å². The van der Waals surface area contributed by atoms with E-state index >= 15 is 0 Å². The van der Waals surface area contributed by atoms with E-state index in [9.17, 15) is 18.0 Å². The van der Waals surface area contributed by atoms with Gasteiger partial charge in [-0.25, -0.2) is 13.3 Å². The molecule has 2 aliphatic rings. The van der Waals surface area contributed by atoms with Gasteiger partial charge in [-0.2, -0.15) is 0 Å². The van der Waals surface area contributed by atoms with Crippen molar-refractivity contribution in [2.24, 2.45) is 11.8 Å². The van der Waals surface area contributed by atoms with Gasteiger partial charge in [-0.1, -0.05) is 38.0 Å². The van der Waals surface area contributed by atoms with E-state index in [1.807, 2.05) is 36.4 Å². The first-order valence-corrected chi connectivity index (χ1v) is 14.2. The van der Waals surface area contributed by atoms with Gasteiger partial charge in [-0.3, -0.25) is 9.59 Å². The Morgan fingerprint density at radius 3 is 2.06 bits per heavy atom. The Balaban J connectivity index is 1.35. The molecule has 2 aromatic carbocycles. The number of sulfone groups is 1. The molecule has 1 heterocycles. The number of hydrogen-bond acceptors (Lipinski definition) is 4. The first kappa shape index (κ1) is 24.6. The molecule has 5 nitrogen and oxygen atoms in total. The van der Waals surface area contributed by atoms with Gasteiger partial charge >= 0.3 is 0 Å². The Hall–Kier alpha value is -2.47. The largest absolute Gasteiger partial charge is 0.268 e. The normalized spacial score (nSPS) is 20.8. The maximum atomic E-state index is 13.1. The summed E-state index contributed by atoms with van der Waals surface area (Å²) in [5.74, 6) is 0.668. The molecule has 1 aliphatic heterocycles. The first-order chi connectivity index (χ1) is 16.2. The quantitative estimate of drug-likeness (QED) is 0.459. The standard InChI is InChI=1S/C28H35NO4S/c1-4-20-11-14-24(15-12-20)29-27(30)25-16-13-22(17-26(25)28(29)31)8-5-21-6-9-23(10-7-21)18-34(32,33)19(2)3/h11-17,19,21,23H,4-10,18H2,1-3H3.